The first-order chi connectivity index (χ1) is 7.79. The number of nitrogens with one attached hydrogen (secondary N) is 1. The SMILES string of the molecule is CNCc1ccnc(-c2cccc(F)c2)n1. The number of hydrogen-bond donors (Lipinski definition) is 1. The lowest BCUT2D eigenvalue weighted by Crippen LogP contribution is -2.07. The summed E-state index contributed by atoms with van der Waals surface area (Å²) >= 11 is 0. The summed E-state index contributed by atoms with van der Waals surface area (Å²) in [6.07, 6.45) is 1.68. The van der Waals surface area contributed by atoms with Crippen LogP contribution in [0.1, 0.15) is 5.69 Å². The fourth-order valence-electron chi connectivity index (χ4n) is 1.44. The number of hydrogen-bond acceptors (Lipinski definition) is 3. The van der Waals surface area contributed by atoms with Crippen molar-refractivity contribution in [3.63, 3.8) is 0 Å². The zero-order chi connectivity index (χ0) is 11.4. The highest BCUT2D eigenvalue weighted by Gasteiger charge is 2.03. The van der Waals surface area contributed by atoms with Crippen LogP contribution in [0.5, 0.6) is 0 Å². The van der Waals surface area contributed by atoms with Gasteiger partial charge in [0.05, 0.1) is 5.69 Å². The van der Waals surface area contributed by atoms with Crippen LogP contribution >= 0.6 is 0 Å². The molecule has 0 bridgehead atoms. The van der Waals surface area contributed by atoms with E-state index in [-0.39, 0.29) is 5.82 Å². The van der Waals surface area contributed by atoms with Gasteiger partial charge in [0.25, 0.3) is 0 Å². The summed E-state index contributed by atoms with van der Waals surface area (Å²) in [5.41, 5.74) is 1.58. The molecule has 0 saturated carbocycles. The average Bonchev–Trinajstić information content (AvgIpc) is 2.30. The van der Waals surface area contributed by atoms with Gasteiger partial charge in [-0.3, -0.25) is 0 Å². The summed E-state index contributed by atoms with van der Waals surface area (Å²) in [5.74, 6) is 0.271. The van der Waals surface area contributed by atoms with Gasteiger partial charge >= 0.3 is 0 Å². The van der Waals surface area contributed by atoms with E-state index in [1.807, 2.05) is 13.1 Å². The molecule has 3 nitrogen and oxygen atoms in total. The number of nitrogens with zero attached hydrogens (tertiary/aromatic N) is 2. The summed E-state index contributed by atoms with van der Waals surface area (Å²) in [6.45, 7) is 0.671. The van der Waals surface area contributed by atoms with Crippen molar-refractivity contribution in [2.45, 2.75) is 6.54 Å². The molecule has 0 aliphatic heterocycles. The highest BCUT2D eigenvalue weighted by atomic mass is 19.1. The molecule has 0 amide bonds. The lowest BCUT2D eigenvalue weighted by Gasteiger charge is -2.03. The lowest BCUT2D eigenvalue weighted by molar-refractivity contribution is 0.628. The molecule has 2 aromatic rings. The zero-order valence-electron chi connectivity index (χ0n) is 8.94. The van der Waals surface area contributed by atoms with Gasteiger partial charge < -0.3 is 5.32 Å². The van der Waals surface area contributed by atoms with Crippen LogP contribution in [0.2, 0.25) is 0 Å². The molecule has 16 heavy (non-hydrogen) atoms. The molecule has 0 radical (unpaired) electrons. The molecule has 0 fully saturated rings. The molecule has 1 heterocycles. The van der Waals surface area contributed by atoms with E-state index in [1.165, 1.54) is 12.1 Å². The van der Waals surface area contributed by atoms with Crippen molar-refractivity contribution in [3.05, 3.63) is 48.0 Å². The van der Waals surface area contributed by atoms with E-state index in [2.05, 4.69) is 15.3 Å². The van der Waals surface area contributed by atoms with E-state index in [9.17, 15) is 4.39 Å². The van der Waals surface area contributed by atoms with E-state index < -0.39 is 0 Å². The molecule has 1 aromatic heterocycles. The number of aromatic nitrogens is 2. The fourth-order valence-corrected chi connectivity index (χ4v) is 1.44. The Labute approximate surface area is 93.4 Å². The molecule has 0 aliphatic carbocycles. The summed E-state index contributed by atoms with van der Waals surface area (Å²) in [6, 6.07) is 8.11. The van der Waals surface area contributed by atoms with Crippen LogP contribution in [0.3, 0.4) is 0 Å². The largest absolute Gasteiger partial charge is 0.314 e. The molecule has 1 N–H and O–H groups in total. The van der Waals surface area contributed by atoms with E-state index >= 15 is 0 Å². The minimum atomic E-state index is -0.278. The number of halogens is 1. The van der Waals surface area contributed by atoms with Crippen molar-refractivity contribution >= 4 is 0 Å². The van der Waals surface area contributed by atoms with Gasteiger partial charge in [-0.15, -0.1) is 0 Å². The first-order valence-electron chi connectivity index (χ1n) is 5.02. The number of benzene rings is 1. The van der Waals surface area contributed by atoms with Gasteiger partial charge in [0.1, 0.15) is 5.82 Å². The second kappa shape index (κ2) is 4.81. The molecule has 0 spiro atoms. The predicted octanol–water partition coefficient (Wildman–Crippen LogP) is 2.00. The second-order valence-corrected chi connectivity index (χ2v) is 3.41. The van der Waals surface area contributed by atoms with Crippen LogP contribution in [0.4, 0.5) is 4.39 Å². The van der Waals surface area contributed by atoms with Crippen molar-refractivity contribution in [3.8, 4) is 11.4 Å². The second-order valence-electron chi connectivity index (χ2n) is 3.41. The Balaban J connectivity index is 2.36. The van der Waals surface area contributed by atoms with Crippen molar-refractivity contribution in [2.24, 2.45) is 0 Å². The van der Waals surface area contributed by atoms with Gasteiger partial charge in [-0.05, 0) is 25.2 Å². The van der Waals surface area contributed by atoms with Gasteiger partial charge in [0.2, 0.25) is 0 Å². The molecule has 0 saturated heterocycles. The maximum Gasteiger partial charge on any atom is 0.159 e. The first-order valence-corrected chi connectivity index (χ1v) is 5.02. The average molecular weight is 217 g/mol. The highest BCUT2D eigenvalue weighted by molar-refractivity contribution is 5.54. The summed E-state index contributed by atoms with van der Waals surface area (Å²) < 4.78 is 13.0. The molecule has 0 aliphatic rings. The van der Waals surface area contributed by atoms with Crippen LogP contribution in [0.15, 0.2) is 36.5 Å². The molecule has 1 aromatic carbocycles. The Hall–Kier alpha value is -1.81. The van der Waals surface area contributed by atoms with Gasteiger partial charge in [0.15, 0.2) is 5.82 Å². The quantitative estimate of drug-likeness (QED) is 0.854. The van der Waals surface area contributed by atoms with Gasteiger partial charge in [-0.1, -0.05) is 12.1 Å². The summed E-state index contributed by atoms with van der Waals surface area (Å²) in [5, 5.41) is 3.01. The Bertz CT molecular complexity index is 485. The summed E-state index contributed by atoms with van der Waals surface area (Å²) in [7, 11) is 1.85. The standard InChI is InChI=1S/C12H12FN3/c1-14-8-11-5-6-15-12(16-11)9-3-2-4-10(13)7-9/h2-7,14H,8H2,1H3. The Kier molecular flexibility index (Phi) is 3.22. The van der Waals surface area contributed by atoms with Gasteiger partial charge in [-0.25, -0.2) is 14.4 Å². The Morgan fingerprint density at radius 2 is 2.19 bits per heavy atom. The van der Waals surface area contributed by atoms with E-state index in [0.717, 1.165) is 5.69 Å². The third kappa shape index (κ3) is 2.41. The molecule has 0 unspecified atom stereocenters. The van der Waals surface area contributed by atoms with Crippen LogP contribution in [0, 0.1) is 5.82 Å². The van der Waals surface area contributed by atoms with Crippen LogP contribution in [0.25, 0.3) is 11.4 Å². The maximum atomic E-state index is 13.0. The van der Waals surface area contributed by atoms with Crippen LogP contribution in [-0.2, 0) is 6.54 Å². The minimum Gasteiger partial charge on any atom is -0.314 e. The van der Waals surface area contributed by atoms with Crippen molar-refractivity contribution in [1.82, 2.24) is 15.3 Å². The maximum absolute atomic E-state index is 13.0. The van der Waals surface area contributed by atoms with E-state index in [0.29, 0.717) is 17.9 Å². The molecule has 2 rings (SSSR count). The molecular weight excluding hydrogens is 205 g/mol. The van der Waals surface area contributed by atoms with Crippen LogP contribution in [-0.4, -0.2) is 17.0 Å². The Morgan fingerprint density at radius 1 is 1.31 bits per heavy atom. The third-order valence-corrected chi connectivity index (χ3v) is 2.15. The third-order valence-electron chi connectivity index (χ3n) is 2.15. The molecule has 0 atom stereocenters. The zero-order valence-corrected chi connectivity index (χ0v) is 8.94. The van der Waals surface area contributed by atoms with Crippen molar-refractivity contribution in [1.29, 1.82) is 0 Å². The van der Waals surface area contributed by atoms with Gasteiger partial charge in [0, 0.05) is 18.3 Å². The highest BCUT2D eigenvalue weighted by Crippen LogP contribution is 2.15. The topological polar surface area (TPSA) is 37.8 Å². The molecule has 82 valence electrons. The van der Waals surface area contributed by atoms with Crippen molar-refractivity contribution in [2.75, 3.05) is 7.05 Å². The monoisotopic (exact) mass is 217 g/mol. The van der Waals surface area contributed by atoms with Gasteiger partial charge in [-0.2, -0.15) is 0 Å². The number of rotatable bonds is 3. The smallest absolute Gasteiger partial charge is 0.159 e. The fraction of sp³-hybridized carbons (Fsp3) is 0.167. The predicted molar refractivity (Wildman–Crippen MR) is 60.2 cm³/mol. The van der Waals surface area contributed by atoms with E-state index in [1.54, 1.807) is 18.3 Å². The lowest BCUT2D eigenvalue weighted by atomic mass is 10.2. The molecule has 4 heteroatoms. The van der Waals surface area contributed by atoms with E-state index in [4.69, 9.17) is 0 Å². The molecular formula is C12H12FN3. The van der Waals surface area contributed by atoms with Crippen LogP contribution < -0.4 is 5.32 Å². The Morgan fingerprint density at radius 3 is 2.94 bits per heavy atom. The first kappa shape index (κ1) is 10.7. The normalized spacial score (nSPS) is 10.4. The van der Waals surface area contributed by atoms with Crippen molar-refractivity contribution < 1.29 is 4.39 Å². The minimum absolute atomic E-state index is 0.278. The summed E-state index contributed by atoms with van der Waals surface area (Å²) in [4.78, 5) is 8.46.